The third kappa shape index (κ3) is 3.30. The molecular formula is C10H13N3O3. The summed E-state index contributed by atoms with van der Waals surface area (Å²) in [6, 6.07) is 3.21. The van der Waals surface area contributed by atoms with Crippen LogP contribution in [0.4, 0.5) is 0 Å². The Morgan fingerprint density at radius 1 is 1.44 bits per heavy atom. The second-order valence-electron chi connectivity index (χ2n) is 3.51. The summed E-state index contributed by atoms with van der Waals surface area (Å²) in [5.41, 5.74) is 0.902. The number of aryl methyl sites for hydroxylation is 1. The fourth-order valence-electron chi connectivity index (χ4n) is 0.944. The third-order valence-electron chi connectivity index (χ3n) is 2.02. The largest absolute Gasteiger partial charge is 0.481 e. The minimum atomic E-state index is -0.949. The molecule has 0 aromatic carbocycles. The molecule has 6 nitrogen and oxygen atoms in total. The molecule has 86 valence electrons. The van der Waals surface area contributed by atoms with Crippen molar-refractivity contribution in [3.63, 3.8) is 0 Å². The zero-order chi connectivity index (χ0) is 12.1. The van der Waals surface area contributed by atoms with Crippen LogP contribution in [0.5, 0.6) is 0 Å². The molecule has 1 unspecified atom stereocenters. The standard InChI is InChI=1S/C10H13N3O3/c1-6(10(15)16)5-11-9(14)8-4-3-7(2)12-13-8/h3-4,6H,5H2,1-2H3,(H,11,14)(H,15,16). The van der Waals surface area contributed by atoms with E-state index in [1.54, 1.807) is 19.1 Å². The lowest BCUT2D eigenvalue weighted by molar-refractivity contribution is -0.140. The fraction of sp³-hybridized carbons (Fsp3) is 0.400. The monoisotopic (exact) mass is 223 g/mol. The van der Waals surface area contributed by atoms with Crippen LogP contribution in [0, 0.1) is 12.8 Å². The van der Waals surface area contributed by atoms with Crippen molar-refractivity contribution in [2.24, 2.45) is 5.92 Å². The first-order valence-corrected chi connectivity index (χ1v) is 4.82. The van der Waals surface area contributed by atoms with Crippen molar-refractivity contribution in [3.8, 4) is 0 Å². The van der Waals surface area contributed by atoms with E-state index in [1.165, 1.54) is 6.92 Å². The first kappa shape index (κ1) is 12.1. The number of amides is 1. The van der Waals surface area contributed by atoms with Gasteiger partial charge in [0, 0.05) is 6.54 Å². The normalized spacial score (nSPS) is 11.9. The van der Waals surface area contributed by atoms with Gasteiger partial charge in [-0.1, -0.05) is 6.92 Å². The number of carbonyl (C=O) groups excluding carboxylic acids is 1. The quantitative estimate of drug-likeness (QED) is 0.762. The van der Waals surface area contributed by atoms with Gasteiger partial charge in [0.05, 0.1) is 11.6 Å². The number of nitrogens with one attached hydrogen (secondary N) is 1. The van der Waals surface area contributed by atoms with Crippen molar-refractivity contribution in [3.05, 3.63) is 23.5 Å². The van der Waals surface area contributed by atoms with Gasteiger partial charge in [-0.05, 0) is 19.1 Å². The SMILES string of the molecule is Cc1ccc(C(=O)NCC(C)C(=O)O)nn1. The molecule has 16 heavy (non-hydrogen) atoms. The van der Waals surface area contributed by atoms with Crippen molar-refractivity contribution >= 4 is 11.9 Å². The zero-order valence-electron chi connectivity index (χ0n) is 9.10. The lowest BCUT2D eigenvalue weighted by atomic mass is 10.2. The van der Waals surface area contributed by atoms with E-state index in [2.05, 4.69) is 15.5 Å². The predicted molar refractivity (Wildman–Crippen MR) is 55.9 cm³/mol. The molecule has 1 aromatic rings. The molecule has 0 spiro atoms. The highest BCUT2D eigenvalue weighted by atomic mass is 16.4. The number of nitrogens with zero attached hydrogens (tertiary/aromatic N) is 2. The average Bonchev–Trinajstić information content (AvgIpc) is 2.26. The molecule has 0 aliphatic rings. The van der Waals surface area contributed by atoms with E-state index in [0.717, 1.165) is 5.69 Å². The van der Waals surface area contributed by atoms with Crippen molar-refractivity contribution < 1.29 is 14.7 Å². The molecule has 1 aromatic heterocycles. The van der Waals surface area contributed by atoms with Crippen LogP contribution >= 0.6 is 0 Å². The first-order chi connectivity index (χ1) is 7.50. The Bertz CT molecular complexity index is 389. The van der Waals surface area contributed by atoms with Crippen LogP contribution in [0.3, 0.4) is 0 Å². The number of rotatable bonds is 4. The maximum Gasteiger partial charge on any atom is 0.308 e. The van der Waals surface area contributed by atoms with Crippen LogP contribution in [-0.2, 0) is 4.79 Å². The van der Waals surface area contributed by atoms with Gasteiger partial charge in [0.15, 0.2) is 5.69 Å². The van der Waals surface area contributed by atoms with Gasteiger partial charge < -0.3 is 10.4 Å². The molecule has 1 rings (SSSR count). The van der Waals surface area contributed by atoms with Crippen LogP contribution in [-0.4, -0.2) is 33.7 Å². The van der Waals surface area contributed by atoms with Gasteiger partial charge in [-0.3, -0.25) is 9.59 Å². The summed E-state index contributed by atoms with van der Waals surface area (Å²) in [5, 5.41) is 18.5. The van der Waals surface area contributed by atoms with Crippen LogP contribution in [0.2, 0.25) is 0 Å². The highest BCUT2D eigenvalue weighted by Crippen LogP contribution is 1.96. The summed E-state index contributed by atoms with van der Waals surface area (Å²) in [5.74, 6) is -1.99. The number of aliphatic carboxylic acids is 1. The van der Waals surface area contributed by atoms with E-state index in [-0.39, 0.29) is 12.2 Å². The summed E-state index contributed by atoms with van der Waals surface area (Å²) >= 11 is 0. The molecular weight excluding hydrogens is 210 g/mol. The van der Waals surface area contributed by atoms with Crippen LogP contribution < -0.4 is 5.32 Å². The highest BCUT2D eigenvalue weighted by Gasteiger charge is 2.13. The van der Waals surface area contributed by atoms with E-state index in [0.29, 0.717) is 0 Å². The van der Waals surface area contributed by atoms with Crippen molar-refractivity contribution in [1.82, 2.24) is 15.5 Å². The Morgan fingerprint density at radius 3 is 2.62 bits per heavy atom. The number of hydrogen-bond donors (Lipinski definition) is 2. The van der Waals surface area contributed by atoms with E-state index in [4.69, 9.17) is 5.11 Å². The average molecular weight is 223 g/mol. The molecule has 6 heteroatoms. The minimum absolute atomic E-state index is 0.0731. The molecule has 0 bridgehead atoms. The van der Waals surface area contributed by atoms with Gasteiger partial charge in [0.2, 0.25) is 0 Å². The summed E-state index contributed by atoms with van der Waals surface area (Å²) in [6.07, 6.45) is 0. The molecule has 1 atom stereocenters. The van der Waals surface area contributed by atoms with Gasteiger partial charge in [-0.15, -0.1) is 5.10 Å². The Labute approximate surface area is 92.7 Å². The molecule has 0 saturated heterocycles. The van der Waals surface area contributed by atoms with Crippen molar-refractivity contribution in [1.29, 1.82) is 0 Å². The molecule has 1 amide bonds. The smallest absolute Gasteiger partial charge is 0.308 e. The van der Waals surface area contributed by atoms with Gasteiger partial charge >= 0.3 is 5.97 Å². The van der Waals surface area contributed by atoms with Gasteiger partial charge in [0.1, 0.15) is 0 Å². The summed E-state index contributed by atoms with van der Waals surface area (Å²) in [6.45, 7) is 3.36. The number of aromatic nitrogens is 2. The molecule has 0 radical (unpaired) electrons. The van der Waals surface area contributed by atoms with Crippen LogP contribution in [0.15, 0.2) is 12.1 Å². The maximum atomic E-state index is 11.5. The number of hydrogen-bond acceptors (Lipinski definition) is 4. The Kier molecular flexibility index (Phi) is 3.93. The third-order valence-corrected chi connectivity index (χ3v) is 2.02. The molecule has 0 aliphatic heterocycles. The van der Waals surface area contributed by atoms with Crippen molar-refractivity contribution in [2.45, 2.75) is 13.8 Å². The maximum absolute atomic E-state index is 11.5. The Balaban J connectivity index is 2.53. The predicted octanol–water partition coefficient (Wildman–Crippen LogP) is 0.236. The second-order valence-corrected chi connectivity index (χ2v) is 3.51. The number of carbonyl (C=O) groups is 2. The van der Waals surface area contributed by atoms with E-state index >= 15 is 0 Å². The molecule has 1 heterocycles. The van der Waals surface area contributed by atoms with Gasteiger partial charge in [-0.25, -0.2) is 0 Å². The summed E-state index contributed by atoms with van der Waals surface area (Å²) in [7, 11) is 0. The van der Waals surface area contributed by atoms with Gasteiger partial charge in [0.25, 0.3) is 5.91 Å². The molecule has 0 fully saturated rings. The Morgan fingerprint density at radius 2 is 2.12 bits per heavy atom. The van der Waals surface area contributed by atoms with Crippen LogP contribution in [0.1, 0.15) is 23.1 Å². The minimum Gasteiger partial charge on any atom is -0.481 e. The molecule has 0 saturated carbocycles. The lowest BCUT2D eigenvalue weighted by Gasteiger charge is -2.07. The number of carboxylic acid groups (broad SMARTS) is 1. The second kappa shape index (κ2) is 5.20. The van der Waals surface area contributed by atoms with Crippen LogP contribution in [0.25, 0.3) is 0 Å². The summed E-state index contributed by atoms with van der Waals surface area (Å²) in [4.78, 5) is 22.0. The lowest BCUT2D eigenvalue weighted by Crippen LogP contribution is -2.32. The fourth-order valence-corrected chi connectivity index (χ4v) is 0.944. The Hall–Kier alpha value is -1.98. The van der Waals surface area contributed by atoms with E-state index < -0.39 is 17.8 Å². The highest BCUT2D eigenvalue weighted by molar-refractivity contribution is 5.92. The number of carboxylic acids is 1. The van der Waals surface area contributed by atoms with E-state index in [1.807, 2.05) is 0 Å². The first-order valence-electron chi connectivity index (χ1n) is 4.82. The van der Waals surface area contributed by atoms with Crippen molar-refractivity contribution in [2.75, 3.05) is 6.54 Å². The topological polar surface area (TPSA) is 92.2 Å². The van der Waals surface area contributed by atoms with Gasteiger partial charge in [-0.2, -0.15) is 5.10 Å². The van der Waals surface area contributed by atoms with E-state index in [9.17, 15) is 9.59 Å². The molecule has 0 aliphatic carbocycles. The zero-order valence-corrected chi connectivity index (χ0v) is 9.10. The summed E-state index contributed by atoms with van der Waals surface area (Å²) < 4.78 is 0. The molecule has 2 N–H and O–H groups in total.